The topological polar surface area (TPSA) is 87.3 Å². The molecule has 4 rings (SSSR count). The molecule has 0 spiro atoms. The number of imidazole rings is 1. The van der Waals surface area contributed by atoms with Crippen molar-refractivity contribution in [2.45, 2.75) is 32.1 Å². The van der Waals surface area contributed by atoms with Gasteiger partial charge in [-0.15, -0.1) is 0 Å². The highest BCUT2D eigenvalue weighted by molar-refractivity contribution is 5.94. The largest absolute Gasteiger partial charge is 0.383 e. The molecule has 0 atom stereocenters. The van der Waals surface area contributed by atoms with Crippen molar-refractivity contribution in [3.8, 4) is 0 Å². The van der Waals surface area contributed by atoms with Gasteiger partial charge in [0.2, 0.25) is 5.91 Å². The van der Waals surface area contributed by atoms with Gasteiger partial charge in [-0.2, -0.15) is 0 Å². The average molecular weight is 449 g/mol. The SMILES string of the molecule is COCCNC(=O)c1ccc(CC2CCN(C(=O)CCc3nc4ccccc4[nH]3)CC2)cc1. The fourth-order valence-corrected chi connectivity index (χ4v) is 4.39. The van der Waals surface area contributed by atoms with Gasteiger partial charge in [0, 0.05) is 45.1 Å². The Labute approximate surface area is 194 Å². The van der Waals surface area contributed by atoms with E-state index < -0.39 is 0 Å². The molecular weight excluding hydrogens is 416 g/mol. The van der Waals surface area contributed by atoms with Gasteiger partial charge in [0.25, 0.3) is 5.91 Å². The van der Waals surface area contributed by atoms with Crippen LogP contribution in [0.15, 0.2) is 48.5 Å². The van der Waals surface area contributed by atoms with Gasteiger partial charge < -0.3 is 19.9 Å². The molecule has 33 heavy (non-hydrogen) atoms. The summed E-state index contributed by atoms with van der Waals surface area (Å²) in [6.45, 7) is 2.63. The standard InChI is InChI=1S/C26H32N4O3/c1-33-17-14-27-26(32)21-8-6-19(7-9-21)18-20-12-15-30(16-13-20)25(31)11-10-24-28-22-4-2-3-5-23(22)29-24/h2-9,20H,10-18H2,1H3,(H,27,32)(H,28,29). The summed E-state index contributed by atoms with van der Waals surface area (Å²) >= 11 is 0. The van der Waals surface area contributed by atoms with Gasteiger partial charge >= 0.3 is 0 Å². The number of aryl methyl sites for hydroxylation is 1. The molecule has 2 aromatic carbocycles. The number of likely N-dealkylation sites (tertiary alicyclic amines) is 1. The van der Waals surface area contributed by atoms with E-state index in [0.717, 1.165) is 49.2 Å². The smallest absolute Gasteiger partial charge is 0.251 e. The second-order valence-electron chi connectivity index (χ2n) is 8.67. The number of amides is 2. The first kappa shape index (κ1) is 23.0. The van der Waals surface area contributed by atoms with Crippen molar-refractivity contribution in [3.05, 3.63) is 65.5 Å². The number of para-hydroxylation sites is 2. The van der Waals surface area contributed by atoms with Crippen molar-refractivity contribution in [2.75, 3.05) is 33.4 Å². The van der Waals surface area contributed by atoms with E-state index in [0.29, 0.717) is 37.5 Å². The van der Waals surface area contributed by atoms with Crippen molar-refractivity contribution in [3.63, 3.8) is 0 Å². The Hall–Kier alpha value is -3.19. The Morgan fingerprint density at radius 1 is 1.12 bits per heavy atom. The summed E-state index contributed by atoms with van der Waals surface area (Å²) in [6, 6.07) is 15.8. The lowest BCUT2D eigenvalue weighted by Gasteiger charge is -2.32. The normalized spacial score (nSPS) is 14.5. The highest BCUT2D eigenvalue weighted by atomic mass is 16.5. The number of hydrogen-bond donors (Lipinski definition) is 2. The number of piperidine rings is 1. The number of carbonyl (C=O) groups excluding carboxylic acids is 2. The monoisotopic (exact) mass is 448 g/mol. The molecule has 0 unspecified atom stereocenters. The van der Waals surface area contributed by atoms with Crippen LogP contribution in [-0.2, 0) is 22.4 Å². The van der Waals surface area contributed by atoms with Crippen molar-refractivity contribution >= 4 is 22.8 Å². The number of H-pyrrole nitrogens is 1. The fourth-order valence-electron chi connectivity index (χ4n) is 4.39. The third kappa shape index (κ3) is 6.20. The average Bonchev–Trinajstić information content (AvgIpc) is 3.27. The minimum atomic E-state index is -0.0759. The van der Waals surface area contributed by atoms with Gasteiger partial charge in [-0.1, -0.05) is 24.3 Å². The van der Waals surface area contributed by atoms with Gasteiger partial charge in [-0.25, -0.2) is 4.98 Å². The Balaban J connectivity index is 1.20. The van der Waals surface area contributed by atoms with Gasteiger partial charge in [0.1, 0.15) is 5.82 Å². The minimum Gasteiger partial charge on any atom is -0.383 e. The second kappa shape index (κ2) is 11.1. The summed E-state index contributed by atoms with van der Waals surface area (Å²) < 4.78 is 4.96. The molecule has 0 saturated carbocycles. The van der Waals surface area contributed by atoms with Crippen LogP contribution < -0.4 is 5.32 Å². The number of hydrogen-bond acceptors (Lipinski definition) is 4. The van der Waals surface area contributed by atoms with E-state index in [1.807, 2.05) is 53.4 Å². The molecule has 2 heterocycles. The second-order valence-corrected chi connectivity index (χ2v) is 8.67. The Bertz CT molecular complexity index is 1040. The fraction of sp³-hybridized carbons (Fsp3) is 0.423. The summed E-state index contributed by atoms with van der Waals surface area (Å²) in [5.74, 6) is 1.56. The molecule has 1 aliphatic heterocycles. The first-order valence-corrected chi connectivity index (χ1v) is 11.7. The molecule has 0 radical (unpaired) electrons. The number of benzene rings is 2. The van der Waals surface area contributed by atoms with E-state index in [1.54, 1.807) is 7.11 Å². The molecule has 1 saturated heterocycles. The molecule has 1 fully saturated rings. The number of methoxy groups -OCH3 is 1. The number of ether oxygens (including phenoxy) is 1. The maximum absolute atomic E-state index is 12.7. The van der Waals surface area contributed by atoms with E-state index in [2.05, 4.69) is 15.3 Å². The zero-order valence-corrected chi connectivity index (χ0v) is 19.2. The first-order valence-electron chi connectivity index (χ1n) is 11.7. The number of fused-ring (bicyclic) bond motifs is 1. The summed E-state index contributed by atoms with van der Waals surface area (Å²) in [5, 5.41) is 2.84. The molecule has 1 aromatic heterocycles. The molecule has 1 aliphatic rings. The first-order chi connectivity index (χ1) is 16.1. The van der Waals surface area contributed by atoms with E-state index >= 15 is 0 Å². The minimum absolute atomic E-state index is 0.0759. The molecule has 174 valence electrons. The molecular formula is C26H32N4O3. The molecule has 0 bridgehead atoms. The van der Waals surface area contributed by atoms with Crippen LogP contribution in [0.2, 0.25) is 0 Å². The van der Waals surface area contributed by atoms with Crippen LogP contribution in [0.25, 0.3) is 11.0 Å². The van der Waals surface area contributed by atoms with Gasteiger partial charge in [-0.3, -0.25) is 9.59 Å². The molecule has 0 aliphatic carbocycles. The van der Waals surface area contributed by atoms with Gasteiger partial charge in [0.15, 0.2) is 0 Å². The number of aromatic amines is 1. The van der Waals surface area contributed by atoms with E-state index in [1.165, 1.54) is 5.56 Å². The number of nitrogens with one attached hydrogen (secondary N) is 2. The predicted octanol–water partition coefficient (Wildman–Crippen LogP) is 3.35. The van der Waals surface area contributed by atoms with Crippen LogP contribution in [0, 0.1) is 5.92 Å². The number of carbonyl (C=O) groups is 2. The summed E-state index contributed by atoms with van der Waals surface area (Å²) in [7, 11) is 1.61. The van der Waals surface area contributed by atoms with Crippen LogP contribution in [0.4, 0.5) is 0 Å². The Kier molecular flexibility index (Phi) is 7.73. The molecule has 2 amide bonds. The predicted molar refractivity (Wildman–Crippen MR) is 128 cm³/mol. The maximum Gasteiger partial charge on any atom is 0.251 e. The summed E-state index contributed by atoms with van der Waals surface area (Å²) in [5.41, 5.74) is 3.86. The van der Waals surface area contributed by atoms with Crippen molar-refractivity contribution in [1.29, 1.82) is 0 Å². The molecule has 2 N–H and O–H groups in total. The van der Waals surface area contributed by atoms with Gasteiger partial charge in [-0.05, 0) is 55.0 Å². The van der Waals surface area contributed by atoms with Crippen molar-refractivity contribution in [1.82, 2.24) is 20.2 Å². The third-order valence-electron chi connectivity index (χ3n) is 6.31. The van der Waals surface area contributed by atoms with E-state index in [-0.39, 0.29) is 11.8 Å². The van der Waals surface area contributed by atoms with Crippen molar-refractivity contribution < 1.29 is 14.3 Å². The summed E-state index contributed by atoms with van der Waals surface area (Å²) in [6.07, 6.45) is 4.12. The lowest BCUT2D eigenvalue weighted by Crippen LogP contribution is -2.39. The van der Waals surface area contributed by atoms with Crippen molar-refractivity contribution in [2.24, 2.45) is 5.92 Å². The molecule has 3 aromatic rings. The molecule has 7 heteroatoms. The van der Waals surface area contributed by atoms with Crippen LogP contribution in [0.5, 0.6) is 0 Å². The number of nitrogens with zero attached hydrogens (tertiary/aromatic N) is 2. The lowest BCUT2D eigenvalue weighted by atomic mass is 9.89. The van der Waals surface area contributed by atoms with E-state index in [4.69, 9.17) is 4.74 Å². The summed E-state index contributed by atoms with van der Waals surface area (Å²) in [4.78, 5) is 34.6. The zero-order valence-electron chi connectivity index (χ0n) is 19.2. The highest BCUT2D eigenvalue weighted by Gasteiger charge is 2.23. The number of aromatic nitrogens is 2. The van der Waals surface area contributed by atoms with Crippen LogP contribution in [0.3, 0.4) is 0 Å². The number of rotatable bonds is 9. The maximum atomic E-state index is 12.7. The van der Waals surface area contributed by atoms with E-state index in [9.17, 15) is 9.59 Å². The van der Waals surface area contributed by atoms with Gasteiger partial charge in [0.05, 0.1) is 17.6 Å². The Morgan fingerprint density at radius 3 is 2.61 bits per heavy atom. The third-order valence-corrected chi connectivity index (χ3v) is 6.31. The van der Waals surface area contributed by atoms with Crippen LogP contribution in [-0.4, -0.2) is 60.0 Å². The highest BCUT2D eigenvalue weighted by Crippen LogP contribution is 2.23. The lowest BCUT2D eigenvalue weighted by molar-refractivity contribution is -0.132. The zero-order chi connectivity index (χ0) is 23.0. The molecule has 7 nitrogen and oxygen atoms in total. The van der Waals surface area contributed by atoms with Crippen LogP contribution in [0.1, 0.15) is 41.0 Å². The van der Waals surface area contributed by atoms with Crippen LogP contribution >= 0.6 is 0 Å². The quantitative estimate of drug-likeness (QED) is 0.492. The Morgan fingerprint density at radius 2 is 1.88 bits per heavy atom.